The number of nitrogens with one attached hydrogen (secondary N) is 1. The molecule has 3 aromatic carbocycles. The molecule has 0 aliphatic rings. The molecular weight excluding hydrogens is 345 g/mol. The van der Waals surface area contributed by atoms with E-state index in [4.69, 9.17) is 23.2 Å². The van der Waals surface area contributed by atoms with Crippen molar-refractivity contribution in [1.82, 2.24) is 0 Å². The van der Waals surface area contributed by atoms with E-state index in [0.717, 1.165) is 11.1 Å². The molecule has 0 atom stereocenters. The van der Waals surface area contributed by atoms with E-state index in [0.29, 0.717) is 21.4 Å². The molecule has 0 aliphatic heterocycles. The zero-order chi connectivity index (χ0) is 17.1. The van der Waals surface area contributed by atoms with Gasteiger partial charge in [0.2, 0.25) is 0 Å². The molecule has 3 nitrogen and oxygen atoms in total. The van der Waals surface area contributed by atoms with Crippen LogP contribution in [0.3, 0.4) is 0 Å². The molecule has 0 fully saturated rings. The summed E-state index contributed by atoms with van der Waals surface area (Å²) in [5.41, 5.74) is 2.95. The fraction of sp³-hybridized carbons (Fsp3) is 0. The van der Waals surface area contributed by atoms with E-state index in [1.807, 2.05) is 30.3 Å². The van der Waals surface area contributed by atoms with Gasteiger partial charge in [0.05, 0.1) is 27.0 Å². The highest BCUT2D eigenvalue weighted by atomic mass is 35.5. The summed E-state index contributed by atoms with van der Waals surface area (Å²) in [5, 5.41) is 13.1. The molecule has 2 N–H and O–H groups in total. The summed E-state index contributed by atoms with van der Waals surface area (Å²) in [4.78, 5) is 11.3. The Bertz CT molecular complexity index is 872. The Hall–Kier alpha value is -2.49. The summed E-state index contributed by atoms with van der Waals surface area (Å²) >= 11 is 12.7. The predicted molar refractivity (Wildman–Crippen MR) is 98.6 cm³/mol. The lowest BCUT2D eigenvalue weighted by atomic mass is 10.1. The largest absolute Gasteiger partial charge is 0.478 e. The number of aromatic carboxylic acids is 1. The average Bonchev–Trinajstić information content (AvgIpc) is 2.59. The smallest absolute Gasteiger partial charge is 0.337 e. The molecule has 0 radical (unpaired) electrons. The molecule has 120 valence electrons. The maximum absolute atomic E-state index is 11.3. The van der Waals surface area contributed by atoms with E-state index in [9.17, 15) is 9.90 Å². The molecule has 5 heteroatoms. The van der Waals surface area contributed by atoms with Crippen molar-refractivity contribution < 1.29 is 9.90 Å². The van der Waals surface area contributed by atoms with Gasteiger partial charge in [-0.1, -0.05) is 65.7 Å². The first-order valence-corrected chi connectivity index (χ1v) is 7.95. The maximum atomic E-state index is 11.3. The van der Waals surface area contributed by atoms with Crippen LogP contribution in [0.2, 0.25) is 10.0 Å². The summed E-state index contributed by atoms with van der Waals surface area (Å²) in [6, 6.07) is 19.9. The summed E-state index contributed by atoms with van der Waals surface area (Å²) < 4.78 is 0. The number of carboxylic acids is 1. The van der Waals surface area contributed by atoms with Gasteiger partial charge in [0, 0.05) is 0 Å². The number of para-hydroxylation sites is 1. The lowest BCUT2D eigenvalue weighted by Crippen LogP contribution is -2.03. The molecule has 0 amide bonds. The van der Waals surface area contributed by atoms with Gasteiger partial charge in [0.25, 0.3) is 0 Å². The minimum absolute atomic E-state index is 0.150. The van der Waals surface area contributed by atoms with Crippen LogP contribution in [0.1, 0.15) is 10.4 Å². The third-order valence-electron chi connectivity index (χ3n) is 3.57. The Kier molecular flexibility index (Phi) is 4.74. The van der Waals surface area contributed by atoms with Gasteiger partial charge in [-0.05, 0) is 35.4 Å². The number of anilines is 2. The Morgan fingerprint density at radius 3 is 2.04 bits per heavy atom. The monoisotopic (exact) mass is 357 g/mol. The van der Waals surface area contributed by atoms with Crippen LogP contribution in [0.5, 0.6) is 0 Å². The molecular formula is C19H13Cl2NO2. The zero-order valence-corrected chi connectivity index (χ0v) is 14.0. The first-order chi connectivity index (χ1) is 11.6. The third-order valence-corrected chi connectivity index (χ3v) is 4.16. The summed E-state index contributed by atoms with van der Waals surface area (Å²) in [5.74, 6) is -1.02. The van der Waals surface area contributed by atoms with E-state index >= 15 is 0 Å². The highest BCUT2D eigenvalue weighted by Gasteiger charge is 2.14. The first kappa shape index (κ1) is 16.4. The van der Waals surface area contributed by atoms with Crippen molar-refractivity contribution in [3.63, 3.8) is 0 Å². The fourth-order valence-electron chi connectivity index (χ4n) is 2.40. The fourth-order valence-corrected chi connectivity index (χ4v) is 2.98. The van der Waals surface area contributed by atoms with Crippen LogP contribution in [0.15, 0.2) is 66.7 Å². The number of rotatable bonds is 4. The van der Waals surface area contributed by atoms with E-state index in [1.54, 1.807) is 30.3 Å². The summed E-state index contributed by atoms with van der Waals surface area (Å²) in [6.07, 6.45) is 0. The van der Waals surface area contributed by atoms with E-state index in [2.05, 4.69) is 5.32 Å². The molecule has 0 aromatic heterocycles. The summed E-state index contributed by atoms with van der Waals surface area (Å²) in [7, 11) is 0. The van der Waals surface area contributed by atoms with Gasteiger partial charge < -0.3 is 10.4 Å². The molecule has 0 unspecified atom stereocenters. The number of hydrogen-bond acceptors (Lipinski definition) is 2. The van der Waals surface area contributed by atoms with Crippen molar-refractivity contribution in [2.45, 2.75) is 0 Å². The number of carbonyl (C=O) groups is 1. The molecule has 24 heavy (non-hydrogen) atoms. The van der Waals surface area contributed by atoms with Crippen LogP contribution >= 0.6 is 23.2 Å². The highest BCUT2D eigenvalue weighted by Crippen LogP contribution is 2.37. The number of hydrogen-bond donors (Lipinski definition) is 2. The maximum Gasteiger partial charge on any atom is 0.337 e. The van der Waals surface area contributed by atoms with Crippen LogP contribution in [-0.4, -0.2) is 11.1 Å². The minimum Gasteiger partial charge on any atom is -0.478 e. The molecule has 0 aliphatic carbocycles. The second-order valence-electron chi connectivity index (χ2n) is 5.16. The lowest BCUT2D eigenvalue weighted by Gasteiger charge is -2.14. The molecule has 3 rings (SSSR count). The second-order valence-corrected chi connectivity index (χ2v) is 5.97. The van der Waals surface area contributed by atoms with Gasteiger partial charge in [-0.25, -0.2) is 4.79 Å². The number of halogens is 2. The van der Waals surface area contributed by atoms with Crippen molar-refractivity contribution in [3.05, 3.63) is 82.3 Å². The van der Waals surface area contributed by atoms with Crippen LogP contribution < -0.4 is 5.32 Å². The highest BCUT2D eigenvalue weighted by molar-refractivity contribution is 6.39. The van der Waals surface area contributed by atoms with E-state index < -0.39 is 5.97 Å². The van der Waals surface area contributed by atoms with Gasteiger partial charge in [-0.15, -0.1) is 0 Å². The molecule has 0 spiro atoms. The molecule has 0 bridgehead atoms. The molecule has 0 saturated carbocycles. The van der Waals surface area contributed by atoms with Gasteiger partial charge >= 0.3 is 5.97 Å². The average molecular weight is 358 g/mol. The molecule has 0 saturated heterocycles. The topological polar surface area (TPSA) is 49.3 Å². The zero-order valence-electron chi connectivity index (χ0n) is 12.5. The first-order valence-electron chi connectivity index (χ1n) is 7.20. The van der Waals surface area contributed by atoms with Gasteiger partial charge in [-0.2, -0.15) is 0 Å². The molecule has 0 heterocycles. The van der Waals surface area contributed by atoms with Gasteiger partial charge in [0.15, 0.2) is 0 Å². The Labute approximate surface area is 149 Å². The Morgan fingerprint density at radius 2 is 1.42 bits per heavy atom. The van der Waals surface area contributed by atoms with Crippen molar-refractivity contribution in [1.29, 1.82) is 0 Å². The Morgan fingerprint density at radius 1 is 0.833 bits per heavy atom. The normalized spacial score (nSPS) is 10.4. The minimum atomic E-state index is -1.02. The molecule has 3 aromatic rings. The SMILES string of the molecule is O=C(O)c1ccccc1Nc1c(Cl)cc(-c2ccccc2)cc1Cl. The van der Waals surface area contributed by atoms with Crippen LogP contribution in [0.25, 0.3) is 11.1 Å². The Balaban J connectivity index is 2.00. The quantitative estimate of drug-likeness (QED) is 0.592. The standard InChI is InChI=1S/C19H13Cl2NO2/c20-15-10-13(12-6-2-1-3-7-12)11-16(21)18(15)22-17-9-5-4-8-14(17)19(23)24/h1-11,22H,(H,23,24). The van der Waals surface area contributed by atoms with Crippen LogP contribution in [-0.2, 0) is 0 Å². The van der Waals surface area contributed by atoms with Crippen molar-refractivity contribution in [2.75, 3.05) is 5.32 Å². The van der Waals surface area contributed by atoms with E-state index in [-0.39, 0.29) is 5.56 Å². The summed E-state index contributed by atoms with van der Waals surface area (Å²) in [6.45, 7) is 0. The number of carboxylic acid groups (broad SMARTS) is 1. The lowest BCUT2D eigenvalue weighted by molar-refractivity contribution is 0.0698. The second kappa shape index (κ2) is 6.95. The van der Waals surface area contributed by atoms with E-state index in [1.165, 1.54) is 6.07 Å². The van der Waals surface area contributed by atoms with Crippen LogP contribution in [0.4, 0.5) is 11.4 Å². The van der Waals surface area contributed by atoms with Crippen molar-refractivity contribution in [3.8, 4) is 11.1 Å². The predicted octanol–water partition coefficient (Wildman–Crippen LogP) is 6.10. The van der Waals surface area contributed by atoms with Crippen LogP contribution in [0, 0.1) is 0 Å². The van der Waals surface area contributed by atoms with Crippen molar-refractivity contribution in [2.24, 2.45) is 0 Å². The third kappa shape index (κ3) is 3.37. The van der Waals surface area contributed by atoms with Crippen molar-refractivity contribution >= 4 is 40.5 Å². The van der Waals surface area contributed by atoms with Gasteiger partial charge in [0.1, 0.15) is 0 Å². The van der Waals surface area contributed by atoms with Gasteiger partial charge in [-0.3, -0.25) is 0 Å². The number of benzene rings is 3.